The lowest BCUT2D eigenvalue weighted by Gasteiger charge is -2.47. The number of nitrogens with one attached hydrogen (secondary N) is 2. The predicted molar refractivity (Wildman–Crippen MR) is 116 cm³/mol. The van der Waals surface area contributed by atoms with Gasteiger partial charge in [-0.15, -0.1) is 0 Å². The zero-order valence-electron chi connectivity index (χ0n) is 18.2. The predicted octanol–water partition coefficient (Wildman–Crippen LogP) is 1.79. The Kier molecular flexibility index (Phi) is 8.58. The third-order valence-electron chi connectivity index (χ3n) is 5.94. The van der Waals surface area contributed by atoms with Crippen molar-refractivity contribution >= 4 is 15.8 Å². The molecular weight excluding hydrogens is 376 g/mol. The highest BCUT2D eigenvalue weighted by atomic mass is 32.2. The van der Waals surface area contributed by atoms with Crippen LogP contribution in [0.2, 0.25) is 0 Å². The van der Waals surface area contributed by atoms with Crippen LogP contribution < -0.4 is 10.6 Å². The molecule has 0 spiro atoms. The summed E-state index contributed by atoms with van der Waals surface area (Å²) in [7, 11) is -3.14. The second kappa shape index (κ2) is 10.3. The van der Waals surface area contributed by atoms with Gasteiger partial charge in [0.1, 0.15) is 0 Å². The van der Waals surface area contributed by atoms with Crippen LogP contribution in [0, 0.1) is 0 Å². The summed E-state index contributed by atoms with van der Waals surface area (Å²) in [6.45, 7) is 12.7. The molecule has 0 atom stereocenters. The van der Waals surface area contributed by atoms with E-state index >= 15 is 0 Å². The van der Waals surface area contributed by atoms with E-state index in [4.69, 9.17) is 9.73 Å². The number of nitrogens with zero attached hydrogens (tertiary/aromatic N) is 2. The van der Waals surface area contributed by atoms with Gasteiger partial charge in [-0.25, -0.2) is 8.42 Å². The molecule has 0 bridgehead atoms. The summed E-state index contributed by atoms with van der Waals surface area (Å²) in [6, 6.07) is 0. The quantitative estimate of drug-likeness (QED) is 0.486. The molecule has 1 heterocycles. The van der Waals surface area contributed by atoms with Crippen LogP contribution in [0.3, 0.4) is 0 Å². The Morgan fingerprint density at radius 1 is 1.11 bits per heavy atom. The summed E-state index contributed by atoms with van der Waals surface area (Å²) < 4.78 is 29.5. The number of rotatable bonds is 7. The molecule has 0 aromatic rings. The van der Waals surface area contributed by atoms with Gasteiger partial charge < -0.3 is 15.4 Å². The molecule has 0 amide bonds. The lowest BCUT2D eigenvalue weighted by molar-refractivity contribution is -0.0333. The summed E-state index contributed by atoms with van der Waals surface area (Å²) in [5.41, 5.74) is 0.113. The van der Waals surface area contributed by atoms with E-state index in [1.165, 1.54) is 32.1 Å². The van der Waals surface area contributed by atoms with E-state index in [2.05, 4.69) is 15.5 Å². The third kappa shape index (κ3) is 6.32. The minimum Gasteiger partial charge on any atom is -0.379 e. The van der Waals surface area contributed by atoms with E-state index in [0.29, 0.717) is 12.5 Å². The monoisotopic (exact) mass is 416 g/mol. The number of aliphatic imine (C=N–C) groups is 1. The zero-order chi connectivity index (χ0) is 20.7. The lowest BCUT2D eigenvalue weighted by Crippen LogP contribution is -2.56. The molecule has 2 fully saturated rings. The van der Waals surface area contributed by atoms with Crippen molar-refractivity contribution in [2.45, 2.75) is 70.1 Å². The minimum atomic E-state index is -3.14. The van der Waals surface area contributed by atoms with Crippen molar-refractivity contribution in [1.82, 2.24) is 15.5 Å². The Hall–Kier alpha value is -0.860. The molecule has 0 aromatic carbocycles. The molecule has 8 heteroatoms. The number of guanidine groups is 1. The van der Waals surface area contributed by atoms with Gasteiger partial charge in [-0.1, -0.05) is 19.3 Å². The fourth-order valence-electron chi connectivity index (χ4n) is 4.00. The van der Waals surface area contributed by atoms with Crippen LogP contribution in [0.25, 0.3) is 0 Å². The summed E-state index contributed by atoms with van der Waals surface area (Å²) in [5, 5.41) is 6.49. The highest BCUT2D eigenvalue weighted by Gasteiger charge is 2.38. The number of morpholine rings is 1. The molecule has 1 aliphatic heterocycles. The Balaban J connectivity index is 2.02. The molecule has 0 aromatic heterocycles. The average Bonchev–Trinajstić information content (AvgIpc) is 2.66. The van der Waals surface area contributed by atoms with E-state index < -0.39 is 14.6 Å². The molecule has 0 unspecified atom stereocenters. The summed E-state index contributed by atoms with van der Waals surface area (Å²) in [4.78, 5) is 7.46. The maximum atomic E-state index is 12.3. The molecular formula is C20H40N4O3S. The van der Waals surface area contributed by atoms with E-state index in [0.717, 1.165) is 39.4 Å². The summed E-state index contributed by atoms with van der Waals surface area (Å²) >= 11 is 0. The van der Waals surface area contributed by atoms with Crippen LogP contribution in [0.15, 0.2) is 4.99 Å². The van der Waals surface area contributed by atoms with Crippen molar-refractivity contribution in [3.8, 4) is 0 Å². The van der Waals surface area contributed by atoms with Gasteiger partial charge in [0.25, 0.3) is 0 Å². The van der Waals surface area contributed by atoms with E-state index in [1.54, 1.807) is 20.8 Å². The van der Waals surface area contributed by atoms with Gasteiger partial charge in [0, 0.05) is 31.7 Å². The Morgan fingerprint density at radius 3 is 2.32 bits per heavy atom. The normalized spacial score (nSPS) is 22.1. The van der Waals surface area contributed by atoms with Gasteiger partial charge in [-0.3, -0.25) is 9.89 Å². The summed E-state index contributed by atoms with van der Waals surface area (Å²) in [6.07, 6.45) is 6.16. The molecule has 1 aliphatic carbocycles. The van der Waals surface area contributed by atoms with Crippen molar-refractivity contribution in [3.05, 3.63) is 0 Å². The Bertz CT molecular complexity index is 601. The van der Waals surface area contributed by atoms with Crippen LogP contribution in [0.4, 0.5) is 0 Å². The first-order valence-electron chi connectivity index (χ1n) is 10.8. The molecule has 0 radical (unpaired) electrons. The fraction of sp³-hybridized carbons (Fsp3) is 0.950. The lowest BCUT2D eigenvalue weighted by atomic mass is 9.80. The van der Waals surface area contributed by atoms with Crippen molar-refractivity contribution in [2.75, 3.05) is 51.7 Å². The number of hydrogen-bond donors (Lipinski definition) is 2. The number of ether oxygens (including phenoxy) is 1. The van der Waals surface area contributed by atoms with Crippen molar-refractivity contribution in [2.24, 2.45) is 4.99 Å². The van der Waals surface area contributed by atoms with Crippen LogP contribution in [0.5, 0.6) is 0 Å². The van der Waals surface area contributed by atoms with Gasteiger partial charge in [-0.2, -0.15) is 0 Å². The first-order valence-corrected chi connectivity index (χ1v) is 12.4. The summed E-state index contributed by atoms with van der Waals surface area (Å²) in [5.74, 6) is 0.819. The van der Waals surface area contributed by atoms with Gasteiger partial charge >= 0.3 is 0 Å². The van der Waals surface area contributed by atoms with E-state index in [1.807, 2.05) is 6.92 Å². The fourth-order valence-corrected chi connectivity index (χ4v) is 4.98. The average molecular weight is 417 g/mol. The zero-order valence-corrected chi connectivity index (χ0v) is 19.0. The first kappa shape index (κ1) is 23.4. The maximum absolute atomic E-state index is 12.3. The van der Waals surface area contributed by atoms with E-state index in [9.17, 15) is 8.42 Å². The Labute approximate surface area is 171 Å². The molecule has 2 aliphatic rings. The molecule has 28 heavy (non-hydrogen) atoms. The first-order chi connectivity index (χ1) is 13.2. The smallest absolute Gasteiger partial charge is 0.191 e. The highest BCUT2D eigenvalue weighted by Crippen LogP contribution is 2.34. The standard InChI is InChI=1S/C20H40N4O3S/c1-5-21-18(22-11-16-28(25,26)19(2,3)4)23-17-20(9-7-6-8-10-20)24-12-14-27-15-13-24/h5-17H2,1-4H3,(H2,21,22,23). The van der Waals surface area contributed by atoms with Gasteiger partial charge in [0.15, 0.2) is 15.8 Å². The molecule has 1 saturated carbocycles. The largest absolute Gasteiger partial charge is 0.379 e. The molecule has 1 saturated heterocycles. The van der Waals surface area contributed by atoms with Crippen LogP contribution in [-0.2, 0) is 14.6 Å². The molecule has 2 rings (SSSR count). The minimum absolute atomic E-state index is 0.107. The van der Waals surface area contributed by atoms with Crippen LogP contribution in [0.1, 0.15) is 59.8 Å². The van der Waals surface area contributed by atoms with Crippen molar-refractivity contribution in [3.63, 3.8) is 0 Å². The molecule has 164 valence electrons. The Morgan fingerprint density at radius 2 is 1.75 bits per heavy atom. The number of hydrogen-bond acceptors (Lipinski definition) is 5. The van der Waals surface area contributed by atoms with Gasteiger partial charge in [-0.05, 0) is 40.5 Å². The van der Waals surface area contributed by atoms with Crippen LogP contribution in [-0.4, -0.2) is 81.3 Å². The molecule has 2 N–H and O–H groups in total. The molecule has 7 nitrogen and oxygen atoms in total. The second-order valence-electron chi connectivity index (χ2n) is 8.94. The second-order valence-corrected chi connectivity index (χ2v) is 11.8. The van der Waals surface area contributed by atoms with E-state index in [-0.39, 0.29) is 11.3 Å². The highest BCUT2D eigenvalue weighted by molar-refractivity contribution is 7.92. The number of sulfone groups is 1. The SMILES string of the molecule is CCNC(=NCC1(N2CCOCC2)CCCCC1)NCCS(=O)(=O)C(C)(C)C. The third-order valence-corrected chi connectivity index (χ3v) is 8.55. The van der Waals surface area contributed by atoms with Crippen LogP contribution >= 0.6 is 0 Å². The maximum Gasteiger partial charge on any atom is 0.191 e. The van der Waals surface area contributed by atoms with Crippen molar-refractivity contribution in [1.29, 1.82) is 0 Å². The van der Waals surface area contributed by atoms with Gasteiger partial charge in [0.05, 0.1) is 30.3 Å². The topological polar surface area (TPSA) is 83.0 Å². The van der Waals surface area contributed by atoms with Gasteiger partial charge in [0.2, 0.25) is 0 Å². The van der Waals surface area contributed by atoms with Crippen molar-refractivity contribution < 1.29 is 13.2 Å².